The van der Waals surface area contributed by atoms with E-state index >= 15 is 0 Å². The van der Waals surface area contributed by atoms with Gasteiger partial charge in [-0.25, -0.2) is 4.98 Å². The molecular weight excluding hydrogens is 316 g/mol. The van der Waals surface area contributed by atoms with Crippen molar-refractivity contribution in [2.24, 2.45) is 0 Å². The number of piperidine rings is 1. The van der Waals surface area contributed by atoms with E-state index in [-0.39, 0.29) is 17.9 Å². The largest absolute Gasteiger partial charge is 0.340 e. The summed E-state index contributed by atoms with van der Waals surface area (Å²) in [6, 6.07) is 9.88. The molecule has 2 saturated heterocycles. The van der Waals surface area contributed by atoms with Crippen LogP contribution < -0.4 is 0 Å². The van der Waals surface area contributed by atoms with E-state index in [2.05, 4.69) is 9.97 Å². The first-order chi connectivity index (χ1) is 12.2. The molecule has 1 unspecified atom stereocenters. The van der Waals surface area contributed by atoms with E-state index in [1.165, 1.54) is 0 Å². The summed E-state index contributed by atoms with van der Waals surface area (Å²) in [7, 11) is 0. The third kappa shape index (κ3) is 3.04. The molecule has 2 aromatic rings. The molecule has 4 rings (SSSR count). The van der Waals surface area contributed by atoms with E-state index in [0.717, 1.165) is 37.9 Å². The molecule has 0 bridgehead atoms. The van der Waals surface area contributed by atoms with Crippen molar-refractivity contribution in [1.82, 2.24) is 19.8 Å². The number of carbonyl (C=O) groups is 2. The molecule has 1 aromatic carbocycles. The molecule has 0 radical (unpaired) electrons. The predicted octanol–water partition coefficient (Wildman–Crippen LogP) is 2.30. The van der Waals surface area contributed by atoms with Crippen LogP contribution in [-0.4, -0.2) is 57.3 Å². The zero-order valence-electron chi connectivity index (χ0n) is 14.1. The van der Waals surface area contributed by atoms with Gasteiger partial charge in [-0.15, -0.1) is 0 Å². The molecule has 2 fully saturated rings. The van der Waals surface area contributed by atoms with Gasteiger partial charge >= 0.3 is 0 Å². The number of aromatic nitrogens is 2. The summed E-state index contributed by atoms with van der Waals surface area (Å²) in [4.78, 5) is 36.3. The van der Waals surface area contributed by atoms with E-state index in [9.17, 15) is 9.59 Å². The number of hydrogen-bond donors (Lipinski definition) is 1. The molecule has 6 heteroatoms. The molecule has 1 aromatic heterocycles. The number of H-pyrrole nitrogens is 1. The van der Waals surface area contributed by atoms with Gasteiger partial charge in [0.05, 0.1) is 6.33 Å². The molecule has 3 heterocycles. The first-order valence-electron chi connectivity index (χ1n) is 8.91. The molecule has 6 nitrogen and oxygen atoms in total. The van der Waals surface area contributed by atoms with Gasteiger partial charge < -0.3 is 14.8 Å². The molecular formula is C19H22N4O2. The molecule has 2 amide bonds. The summed E-state index contributed by atoms with van der Waals surface area (Å²) >= 11 is 0. The first kappa shape index (κ1) is 15.9. The SMILES string of the molecule is O=C(c1[nH]cnc1-c1ccccc1)N1CCCC(N2CCCC2=O)C1. The maximum Gasteiger partial charge on any atom is 0.272 e. The summed E-state index contributed by atoms with van der Waals surface area (Å²) in [6.07, 6.45) is 5.05. The Morgan fingerprint density at radius 1 is 1.16 bits per heavy atom. The molecule has 0 saturated carbocycles. The minimum absolute atomic E-state index is 0.0345. The van der Waals surface area contributed by atoms with Crippen molar-refractivity contribution in [2.75, 3.05) is 19.6 Å². The first-order valence-corrected chi connectivity index (χ1v) is 8.91. The lowest BCUT2D eigenvalue weighted by molar-refractivity contribution is -0.130. The number of amides is 2. The highest BCUT2D eigenvalue weighted by Crippen LogP contribution is 2.25. The number of rotatable bonds is 3. The summed E-state index contributed by atoms with van der Waals surface area (Å²) < 4.78 is 0. The van der Waals surface area contributed by atoms with Gasteiger partial charge in [-0.2, -0.15) is 0 Å². The van der Waals surface area contributed by atoms with E-state index in [1.54, 1.807) is 6.33 Å². The standard InChI is InChI=1S/C19H22N4O2/c24-16-9-5-11-23(16)15-8-4-10-22(12-15)19(25)18-17(20-13-21-18)14-6-2-1-3-7-14/h1-3,6-7,13,15H,4-5,8-12H2,(H,20,21). The lowest BCUT2D eigenvalue weighted by Crippen LogP contribution is -2.50. The van der Waals surface area contributed by atoms with Crippen LogP contribution >= 0.6 is 0 Å². The Morgan fingerprint density at radius 3 is 2.76 bits per heavy atom. The van der Waals surface area contributed by atoms with Gasteiger partial charge in [0, 0.05) is 37.7 Å². The Hall–Kier alpha value is -2.63. The normalized spacial score (nSPS) is 21.0. The van der Waals surface area contributed by atoms with Crippen LogP contribution in [0.25, 0.3) is 11.3 Å². The molecule has 2 aliphatic rings. The Labute approximate surface area is 146 Å². The van der Waals surface area contributed by atoms with E-state index in [0.29, 0.717) is 24.4 Å². The van der Waals surface area contributed by atoms with Crippen LogP contribution in [-0.2, 0) is 4.79 Å². The van der Waals surface area contributed by atoms with Crippen molar-refractivity contribution in [2.45, 2.75) is 31.7 Å². The third-order valence-electron chi connectivity index (χ3n) is 5.13. The van der Waals surface area contributed by atoms with Crippen LogP contribution in [0.3, 0.4) is 0 Å². The zero-order valence-corrected chi connectivity index (χ0v) is 14.1. The average Bonchev–Trinajstić information content (AvgIpc) is 3.31. The zero-order chi connectivity index (χ0) is 17.2. The van der Waals surface area contributed by atoms with E-state index in [1.807, 2.05) is 40.1 Å². The highest BCUT2D eigenvalue weighted by molar-refractivity contribution is 5.98. The van der Waals surface area contributed by atoms with Crippen molar-refractivity contribution in [1.29, 1.82) is 0 Å². The fourth-order valence-corrected chi connectivity index (χ4v) is 3.88. The topological polar surface area (TPSA) is 69.3 Å². The second-order valence-corrected chi connectivity index (χ2v) is 6.73. The van der Waals surface area contributed by atoms with Gasteiger partial charge in [0.1, 0.15) is 11.4 Å². The van der Waals surface area contributed by atoms with Crippen molar-refractivity contribution < 1.29 is 9.59 Å². The third-order valence-corrected chi connectivity index (χ3v) is 5.13. The number of nitrogens with zero attached hydrogens (tertiary/aromatic N) is 3. The number of imidazole rings is 1. The van der Waals surface area contributed by atoms with Crippen LogP contribution in [0.1, 0.15) is 36.2 Å². The van der Waals surface area contributed by atoms with Crippen LogP contribution in [0.4, 0.5) is 0 Å². The van der Waals surface area contributed by atoms with Gasteiger partial charge in [-0.1, -0.05) is 30.3 Å². The average molecular weight is 338 g/mol. The van der Waals surface area contributed by atoms with Crippen LogP contribution in [0, 0.1) is 0 Å². The van der Waals surface area contributed by atoms with Crippen LogP contribution in [0.15, 0.2) is 36.7 Å². The smallest absolute Gasteiger partial charge is 0.272 e. The lowest BCUT2D eigenvalue weighted by Gasteiger charge is -2.37. The van der Waals surface area contributed by atoms with E-state index in [4.69, 9.17) is 0 Å². The highest BCUT2D eigenvalue weighted by Gasteiger charge is 2.33. The van der Waals surface area contributed by atoms with Crippen LogP contribution in [0.5, 0.6) is 0 Å². The maximum atomic E-state index is 13.0. The summed E-state index contributed by atoms with van der Waals surface area (Å²) in [5, 5.41) is 0. The minimum Gasteiger partial charge on any atom is -0.340 e. The molecule has 1 atom stereocenters. The number of benzene rings is 1. The molecule has 1 N–H and O–H groups in total. The summed E-state index contributed by atoms with van der Waals surface area (Å²) in [5.74, 6) is 0.193. The van der Waals surface area contributed by atoms with Crippen molar-refractivity contribution >= 4 is 11.8 Å². The van der Waals surface area contributed by atoms with Gasteiger partial charge in [0.2, 0.25) is 5.91 Å². The number of nitrogens with one attached hydrogen (secondary N) is 1. The number of hydrogen-bond acceptors (Lipinski definition) is 3. The second kappa shape index (κ2) is 6.70. The highest BCUT2D eigenvalue weighted by atomic mass is 16.2. The number of aromatic amines is 1. The number of carbonyl (C=O) groups excluding carboxylic acids is 2. The Morgan fingerprint density at radius 2 is 2.00 bits per heavy atom. The minimum atomic E-state index is -0.0345. The van der Waals surface area contributed by atoms with Crippen molar-refractivity contribution in [3.8, 4) is 11.3 Å². The van der Waals surface area contributed by atoms with Gasteiger partial charge in [-0.3, -0.25) is 9.59 Å². The van der Waals surface area contributed by atoms with Crippen molar-refractivity contribution in [3.05, 3.63) is 42.4 Å². The quantitative estimate of drug-likeness (QED) is 0.934. The van der Waals surface area contributed by atoms with E-state index < -0.39 is 0 Å². The number of likely N-dealkylation sites (tertiary alicyclic amines) is 2. The monoisotopic (exact) mass is 338 g/mol. The maximum absolute atomic E-state index is 13.0. The predicted molar refractivity (Wildman–Crippen MR) is 93.9 cm³/mol. The molecule has 130 valence electrons. The lowest BCUT2D eigenvalue weighted by atomic mass is 10.0. The Balaban J connectivity index is 1.53. The van der Waals surface area contributed by atoms with Crippen molar-refractivity contribution in [3.63, 3.8) is 0 Å². The Bertz CT molecular complexity index is 771. The second-order valence-electron chi connectivity index (χ2n) is 6.73. The summed E-state index contributed by atoms with van der Waals surface area (Å²) in [5.41, 5.74) is 2.14. The van der Waals surface area contributed by atoms with Gasteiger partial charge in [0.15, 0.2) is 0 Å². The fraction of sp³-hybridized carbons (Fsp3) is 0.421. The summed E-state index contributed by atoms with van der Waals surface area (Å²) in [6.45, 7) is 2.16. The molecule has 25 heavy (non-hydrogen) atoms. The fourth-order valence-electron chi connectivity index (χ4n) is 3.88. The Kier molecular flexibility index (Phi) is 4.26. The van der Waals surface area contributed by atoms with Crippen LogP contribution in [0.2, 0.25) is 0 Å². The van der Waals surface area contributed by atoms with Gasteiger partial charge in [0.25, 0.3) is 5.91 Å². The molecule has 0 aliphatic carbocycles. The van der Waals surface area contributed by atoms with Gasteiger partial charge in [-0.05, 0) is 19.3 Å². The molecule has 0 spiro atoms. The molecule has 2 aliphatic heterocycles.